The van der Waals surface area contributed by atoms with Gasteiger partial charge in [0.15, 0.2) is 0 Å². The molecular formula is C17H27ClN2O. The van der Waals surface area contributed by atoms with Crippen LogP contribution in [0, 0.1) is 5.92 Å². The number of halogens is 1. The molecule has 1 aliphatic rings. The van der Waals surface area contributed by atoms with Crippen molar-refractivity contribution in [1.82, 2.24) is 0 Å². The summed E-state index contributed by atoms with van der Waals surface area (Å²) in [7, 11) is 2.12. The fourth-order valence-corrected chi connectivity index (χ4v) is 3.06. The third kappa shape index (κ3) is 4.87. The van der Waals surface area contributed by atoms with Crippen LogP contribution in [0.15, 0.2) is 18.2 Å². The predicted octanol–water partition coefficient (Wildman–Crippen LogP) is 3.48. The van der Waals surface area contributed by atoms with Crippen molar-refractivity contribution in [2.24, 2.45) is 11.7 Å². The third-order valence-corrected chi connectivity index (χ3v) is 4.62. The van der Waals surface area contributed by atoms with Gasteiger partial charge in [0.05, 0.1) is 6.61 Å². The second kappa shape index (κ2) is 8.02. The molecule has 2 rings (SSSR count). The molecule has 1 heterocycles. The van der Waals surface area contributed by atoms with Gasteiger partial charge in [0.2, 0.25) is 0 Å². The zero-order chi connectivity index (χ0) is 15.2. The number of ether oxygens (including phenoxy) is 1. The molecule has 3 nitrogen and oxygen atoms in total. The molecule has 1 saturated heterocycles. The van der Waals surface area contributed by atoms with Gasteiger partial charge in [0.25, 0.3) is 0 Å². The van der Waals surface area contributed by atoms with E-state index >= 15 is 0 Å². The minimum absolute atomic E-state index is 0.186. The van der Waals surface area contributed by atoms with E-state index in [9.17, 15) is 0 Å². The second-order valence-electron chi connectivity index (χ2n) is 6.11. The molecule has 0 aliphatic carbocycles. The monoisotopic (exact) mass is 310 g/mol. The van der Waals surface area contributed by atoms with Gasteiger partial charge in [0, 0.05) is 37.0 Å². The van der Waals surface area contributed by atoms with Crippen LogP contribution in [0.5, 0.6) is 0 Å². The van der Waals surface area contributed by atoms with Crippen LogP contribution in [-0.2, 0) is 11.2 Å². The molecule has 118 valence electrons. The summed E-state index contributed by atoms with van der Waals surface area (Å²) in [6.07, 6.45) is 4.24. The maximum Gasteiger partial charge on any atom is 0.0511 e. The molecule has 1 aliphatic heterocycles. The van der Waals surface area contributed by atoms with E-state index in [0.717, 1.165) is 43.2 Å². The molecule has 2 unspecified atom stereocenters. The summed E-state index contributed by atoms with van der Waals surface area (Å²) in [5, 5.41) is 0.822. The first kappa shape index (κ1) is 16.6. The molecule has 2 atom stereocenters. The number of anilines is 1. The number of hydrogen-bond donors (Lipinski definition) is 1. The number of benzene rings is 1. The van der Waals surface area contributed by atoms with Crippen molar-refractivity contribution in [3.8, 4) is 0 Å². The van der Waals surface area contributed by atoms with Crippen molar-refractivity contribution < 1.29 is 4.74 Å². The number of rotatable bonds is 6. The lowest BCUT2D eigenvalue weighted by Crippen LogP contribution is -2.30. The Morgan fingerprint density at radius 2 is 2.29 bits per heavy atom. The summed E-state index contributed by atoms with van der Waals surface area (Å²) in [5.74, 6) is 0.621. The molecule has 21 heavy (non-hydrogen) atoms. The van der Waals surface area contributed by atoms with Crippen LogP contribution in [0.3, 0.4) is 0 Å². The molecule has 0 aromatic heterocycles. The molecule has 0 spiro atoms. The molecule has 0 amide bonds. The van der Waals surface area contributed by atoms with Gasteiger partial charge < -0.3 is 15.4 Å². The van der Waals surface area contributed by atoms with Gasteiger partial charge in [-0.25, -0.2) is 0 Å². The minimum atomic E-state index is 0.186. The van der Waals surface area contributed by atoms with Crippen molar-refractivity contribution in [3.63, 3.8) is 0 Å². The molecule has 0 bridgehead atoms. The Morgan fingerprint density at radius 3 is 2.90 bits per heavy atom. The van der Waals surface area contributed by atoms with E-state index < -0.39 is 0 Å². The quantitative estimate of drug-likeness (QED) is 0.874. The van der Waals surface area contributed by atoms with E-state index in [1.54, 1.807) is 0 Å². The van der Waals surface area contributed by atoms with E-state index in [2.05, 4.69) is 37.1 Å². The zero-order valence-corrected chi connectivity index (χ0v) is 13.9. The molecular weight excluding hydrogens is 284 g/mol. The highest BCUT2D eigenvalue weighted by molar-refractivity contribution is 6.31. The van der Waals surface area contributed by atoms with E-state index in [4.69, 9.17) is 22.1 Å². The Morgan fingerprint density at radius 1 is 1.48 bits per heavy atom. The van der Waals surface area contributed by atoms with Crippen molar-refractivity contribution in [2.75, 3.05) is 31.7 Å². The molecule has 1 aromatic rings. The zero-order valence-electron chi connectivity index (χ0n) is 13.1. The van der Waals surface area contributed by atoms with Gasteiger partial charge in [0.1, 0.15) is 0 Å². The summed E-state index contributed by atoms with van der Waals surface area (Å²) in [6, 6.07) is 6.50. The SMILES string of the molecule is CCC(N)Cc1ccc(N(C)CC2CCCOC2)cc1Cl. The first-order chi connectivity index (χ1) is 10.1. The van der Waals surface area contributed by atoms with Gasteiger partial charge in [-0.2, -0.15) is 0 Å². The normalized spacial score (nSPS) is 20.3. The Kier molecular flexibility index (Phi) is 6.34. The van der Waals surface area contributed by atoms with Crippen molar-refractivity contribution in [1.29, 1.82) is 0 Å². The summed E-state index contributed by atoms with van der Waals surface area (Å²) in [6.45, 7) is 4.91. The first-order valence-corrected chi connectivity index (χ1v) is 8.30. The molecule has 0 saturated carbocycles. The molecule has 1 aromatic carbocycles. The third-order valence-electron chi connectivity index (χ3n) is 4.27. The molecule has 1 fully saturated rings. The van der Waals surface area contributed by atoms with Gasteiger partial charge in [-0.15, -0.1) is 0 Å². The van der Waals surface area contributed by atoms with Crippen molar-refractivity contribution >= 4 is 17.3 Å². The van der Waals surface area contributed by atoms with Crippen LogP contribution < -0.4 is 10.6 Å². The average molecular weight is 311 g/mol. The fourth-order valence-electron chi connectivity index (χ4n) is 2.81. The summed E-state index contributed by atoms with van der Waals surface area (Å²) in [4.78, 5) is 2.27. The highest BCUT2D eigenvalue weighted by atomic mass is 35.5. The maximum absolute atomic E-state index is 6.41. The summed E-state index contributed by atoms with van der Waals surface area (Å²) in [5.41, 5.74) is 8.32. The van der Waals surface area contributed by atoms with Crippen LogP contribution in [0.25, 0.3) is 0 Å². The maximum atomic E-state index is 6.41. The molecule has 2 N–H and O–H groups in total. The number of nitrogens with two attached hydrogens (primary N) is 1. The number of nitrogens with zero attached hydrogens (tertiary/aromatic N) is 1. The highest BCUT2D eigenvalue weighted by Crippen LogP contribution is 2.26. The first-order valence-electron chi connectivity index (χ1n) is 7.93. The average Bonchev–Trinajstić information content (AvgIpc) is 2.50. The molecule has 4 heteroatoms. The smallest absolute Gasteiger partial charge is 0.0511 e. The lowest BCUT2D eigenvalue weighted by molar-refractivity contribution is 0.0576. The van der Waals surface area contributed by atoms with E-state index in [0.29, 0.717) is 5.92 Å². The van der Waals surface area contributed by atoms with E-state index in [-0.39, 0.29) is 6.04 Å². The second-order valence-corrected chi connectivity index (χ2v) is 6.52. The van der Waals surface area contributed by atoms with Gasteiger partial charge in [-0.05, 0) is 49.3 Å². The predicted molar refractivity (Wildman–Crippen MR) is 90.2 cm³/mol. The Balaban J connectivity index is 1.97. The van der Waals surface area contributed by atoms with Gasteiger partial charge in [-0.1, -0.05) is 24.6 Å². The van der Waals surface area contributed by atoms with Gasteiger partial charge >= 0.3 is 0 Å². The lowest BCUT2D eigenvalue weighted by atomic mass is 10.0. The lowest BCUT2D eigenvalue weighted by Gasteiger charge is -2.28. The van der Waals surface area contributed by atoms with Crippen molar-refractivity contribution in [3.05, 3.63) is 28.8 Å². The number of hydrogen-bond acceptors (Lipinski definition) is 3. The van der Waals surface area contributed by atoms with Crippen LogP contribution in [-0.4, -0.2) is 32.8 Å². The van der Waals surface area contributed by atoms with Crippen LogP contribution in [0.1, 0.15) is 31.7 Å². The van der Waals surface area contributed by atoms with Crippen LogP contribution in [0.2, 0.25) is 5.02 Å². The summed E-state index contributed by atoms with van der Waals surface area (Å²) < 4.78 is 5.55. The van der Waals surface area contributed by atoms with Crippen molar-refractivity contribution in [2.45, 2.75) is 38.6 Å². The Labute approximate surface area is 133 Å². The van der Waals surface area contributed by atoms with Gasteiger partial charge in [-0.3, -0.25) is 0 Å². The fraction of sp³-hybridized carbons (Fsp3) is 0.647. The Bertz CT molecular complexity index is 446. The topological polar surface area (TPSA) is 38.5 Å². The highest BCUT2D eigenvalue weighted by Gasteiger charge is 2.16. The summed E-state index contributed by atoms with van der Waals surface area (Å²) >= 11 is 6.41. The standard InChI is InChI=1S/C17H27ClN2O/c1-3-15(19)9-14-6-7-16(10-17(14)18)20(2)11-13-5-4-8-21-12-13/h6-7,10,13,15H,3-5,8-9,11-12,19H2,1-2H3. The largest absolute Gasteiger partial charge is 0.381 e. The Hall–Kier alpha value is -0.770. The van der Waals surface area contributed by atoms with Crippen LogP contribution >= 0.6 is 11.6 Å². The molecule has 0 radical (unpaired) electrons. The van der Waals surface area contributed by atoms with Crippen LogP contribution in [0.4, 0.5) is 5.69 Å². The van der Waals surface area contributed by atoms with E-state index in [1.807, 2.05) is 0 Å². The van der Waals surface area contributed by atoms with E-state index in [1.165, 1.54) is 18.5 Å². The minimum Gasteiger partial charge on any atom is -0.381 e.